The van der Waals surface area contributed by atoms with E-state index in [-0.39, 0.29) is 0 Å². The molecule has 0 saturated heterocycles. The summed E-state index contributed by atoms with van der Waals surface area (Å²) in [4.78, 5) is 8.57. The minimum Gasteiger partial charge on any atom is -0.245 e. The SMILES string of the molecule is Cc1cc(C)nc(N/N=C\c2cc(C)c(C)cc2C)n1. The average Bonchev–Trinajstić information content (AvgIpc) is 2.34. The number of hydrazone groups is 1. The summed E-state index contributed by atoms with van der Waals surface area (Å²) < 4.78 is 0. The predicted molar refractivity (Wildman–Crippen MR) is 83.4 cm³/mol. The number of benzene rings is 1. The lowest BCUT2D eigenvalue weighted by molar-refractivity contribution is 1.04. The fraction of sp³-hybridized carbons (Fsp3) is 0.312. The Balaban J connectivity index is 2.16. The van der Waals surface area contributed by atoms with Crippen LogP contribution in [-0.4, -0.2) is 16.2 Å². The molecule has 0 radical (unpaired) electrons. The van der Waals surface area contributed by atoms with Crippen LogP contribution in [-0.2, 0) is 0 Å². The van der Waals surface area contributed by atoms with Gasteiger partial charge in [-0.15, -0.1) is 0 Å². The topological polar surface area (TPSA) is 50.2 Å². The number of nitrogens with one attached hydrogen (secondary N) is 1. The smallest absolute Gasteiger partial charge is 0.243 e. The van der Waals surface area contributed by atoms with Gasteiger partial charge in [0.15, 0.2) is 0 Å². The van der Waals surface area contributed by atoms with Crippen molar-refractivity contribution in [3.05, 3.63) is 51.8 Å². The fourth-order valence-corrected chi connectivity index (χ4v) is 2.06. The van der Waals surface area contributed by atoms with Crippen molar-refractivity contribution in [2.45, 2.75) is 34.6 Å². The summed E-state index contributed by atoms with van der Waals surface area (Å²) in [5, 5.41) is 4.23. The molecule has 1 aromatic heterocycles. The summed E-state index contributed by atoms with van der Waals surface area (Å²) in [5.74, 6) is 0.528. The number of hydrogen-bond donors (Lipinski definition) is 1. The molecule has 1 N–H and O–H groups in total. The Bertz CT molecular complexity index is 640. The van der Waals surface area contributed by atoms with Crippen LogP contribution in [0, 0.1) is 34.6 Å². The van der Waals surface area contributed by atoms with E-state index in [1.165, 1.54) is 16.7 Å². The lowest BCUT2D eigenvalue weighted by atomic mass is 10.0. The molecule has 4 heteroatoms. The Morgan fingerprint density at radius 1 is 0.850 bits per heavy atom. The van der Waals surface area contributed by atoms with E-state index in [9.17, 15) is 0 Å². The van der Waals surface area contributed by atoms with Gasteiger partial charge in [0.2, 0.25) is 5.95 Å². The number of aryl methyl sites for hydroxylation is 5. The van der Waals surface area contributed by atoms with E-state index in [1.54, 1.807) is 0 Å². The molecule has 0 unspecified atom stereocenters. The van der Waals surface area contributed by atoms with Gasteiger partial charge in [0.1, 0.15) is 0 Å². The van der Waals surface area contributed by atoms with E-state index >= 15 is 0 Å². The summed E-state index contributed by atoms with van der Waals surface area (Å²) in [6, 6.07) is 6.24. The van der Waals surface area contributed by atoms with Gasteiger partial charge in [-0.3, -0.25) is 0 Å². The average molecular weight is 268 g/mol. The van der Waals surface area contributed by atoms with Crippen molar-refractivity contribution >= 4 is 12.2 Å². The first kappa shape index (κ1) is 14.2. The Labute approximate surface area is 120 Å². The minimum absolute atomic E-state index is 0.528. The number of nitrogens with zero attached hydrogens (tertiary/aromatic N) is 3. The maximum absolute atomic E-state index is 4.28. The monoisotopic (exact) mass is 268 g/mol. The van der Waals surface area contributed by atoms with Crippen molar-refractivity contribution in [2.24, 2.45) is 5.10 Å². The molecule has 0 atom stereocenters. The van der Waals surface area contributed by atoms with Crippen LogP contribution in [0.1, 0.15) is 33.6 Å². The van der Waals surface area contributed by atoms with E-state index in [4.69, 9.17) is 0 Å². The molecule has 1 aromatic carbocycles. The first-order valence-electron chi connectivity index (χ1n) is 6.65. The third-order valence-corrected chi connectivity index (χ3v) is 3.23. The van der Waals surface area contributed by atoms with Crippen LogP contribution < -0.4 is 5.43 Å². The summed E-state index contributed by atoms with van der Waals surface area (Å²) in [6.07, 6.45) is 1.81. The maximum Gasteiger partial charge on any atom is 0.243 e. The highest BCUT2D eigenvalue weighted by molar-refractivity contribution is 5.82. The lowest BCUT2D eigenvalue weighted by Gasteiger charge is -2.06. The Kier molecular flexibility index (Phi) is 4.13. The van der Waals surface area contributed by atoms with E-state index in [2.05, 4.69) is 53.4 Å². The Morgan fingerprint density at radius 2 is 1.45 bits per heavy atom. The third kappa shape index (κ3) is 3.41. The van der Waals surface area contributed by atoms with E-state index in [1.807, 2.05) is 26.1 Å². The zero-order chi connectivity index (χ0) is 14.7. The van der Waals surface area contributed by atoms with Gasteiger partial charge in [-0.2, -0.15) is 5.10 Å². The second-order valence-corrected chi connectivity index (χ2v) is 5.14. The standard InChI is InChI=1S/C16H20N4/c1-10-6-12(3)15(7-11(10)2)9-17-20-16-18-13(4)8-14(5)19-16/h6-9H,1-5H3,(H,18,19,20)/b17-9-. The highest BCUT2D eigenvalue weighted by Gasteiger charge is 2.00. The summed E-state index contributed by atoms with van der Waals surface area (Å²) in [6.45, 7) is 10.2. The quantitative estimate of drug-likeness (QED) is 0.685. The molecule has 0 aliphatic carbocycles. The fourth-order valence-electron chi connectivity index (χ4n) is 2.06. The highest BCUT2D eigenvalue weighted by atomic mass is 15.3. The molecule has 0 bridgehead atoms. The van der Waals surface area contributed by atoms with Crippen LogP contribution >= 0.6 is 0 Å². The molecule has 0 spiro atoms. The van der Waals surface area contributed by atoms with Crippen molar-refractivity contribution in [2.75, 3.05) is 5.43 Å². The second-order valence-electron chi connectivity index (χ2n) is 5.14. The van der Waals surface area contributed by atoms with Crippen LogP contribution in [0.15, 0.2) is 23.3 Å². The molecule has 2 rings (SSSR count). The van der Waals surface area contributed by atoms with E-state index in [0.717, 1.165) is 17.0 Å². The third-order valence-electron chi connectivity index (χ3n) is 3.23. The molecule has 1 heterocycles. The molecule has 4 nitrogen and oxygen atoms in total. The zero-order valence-corrected chi connectivity index (χ0v) is 12.7. The Hall–Kier alpha value is -2.23. The van der Waals surface area contributed by atoms with Gasteiger partial charge in [0, 0.05) is 11.4 Å². The highest BCUT2D eigenvalue weighted by Crippen LogP contribution is 2.13. The van der Waals surface area contributed by atoms with Crippen molar-refractivity contribution in [1.82, 2.24) is 9.97 Å². The van der Waals surface area contributed by atoms with Gasteiger partial charge in [-0.1, -0.05) is 6.07 Å². The number of anilines is 1. The van der Waals surface area contributed by atoms with Gasteiger partial charge < -0.3 is 0 Å². The molecule has 0 saturated carbocycles. The largest absolute Gasteiger partial charge is 0.245 e. The molecule has 0 amide bonds. The zero-order valence-electron chi connectivity index (χ0n) is 12.7. The predicted octanol–water partition coefficient (Wildman–Crippen LogP) is 3.46. The second kappa shape index (κ2) is 5.82. The van der Waals surface area contributed by atoms with Gasteiger partial charge in [-0.05, 0) is 69.0 Å². The Morgan fingerprint density at radius 3 is 2.10 bits per heavy atom. The van der Waals surface area contributed by atoms with Gasteiger partial charge >= 0.3 is 0 Å². The summed E-state index contributed by atoms with van der Waals surface area (Å²) >= 11 is 0. The van der Waals surface area contributed by atoms with Crippen LogP contribution in [0.5, 0.6) is 0 Å². The first-order chi connectivity index (χ1) is 9.45. The molecular weight excluding hydrogens is 248 g/mol. The van der Waals surface area contributed by atoms with Crippen molar-refractivity contribution in [1.29, 1.82) is 0 Å². The maximum atomic E-state index is 4.28. The van der Waals surface area contributed by atoms with Crippen LogP contribution in [0.25, 0.3) is 0 Å². The van der Waals surface area contributed by atoms with E-state index in [0.29, 0.717) is 5.95 Å². The molecule has 0 fully saturated rings. The lowest BCUT2D eigenvalue weighted by Crippen LogP contribution is -2.00. The normalized spacial score (nSPS) is 11.1. The first-order valence-corrected chi connectivity index (χ1v) is 6.65. The van der Waals surface area contributed by atoms with Crippen molar-refractivity contribution < 1.29 is 0 Å². The number of aromatic nitrogens is 2. The molecule has 104 valence electrons. The molecular formula is C16H20N4. The number of hydrogen-bond acceptors (Lipinski definition) is 4. The minimum atomic E-state index is 0.528. The summed E-state index contributed by atoms with van der Waals surface area (Å²) in [7, 11) is 0. The van der Waals surface area contributed by atoms with Crippen molar-refractivity contribution in [3.63, 3.8) is 0 Å². The molecule has 20 heavy (non-hydrogen) atoms. The molecule has 0 aliphatic heterocycles. The van der Waals surface area contributed by atoms with Crippen LogP contribution in [0.4, 0.5) is 5.95 Å². The van der Waals surface area contributed by atoms with Gasteiger partial charge in [0.25, 0.3) is 0 Å². The van der Waals surface area contributed by atoms with Gasteiger partial charge in [0.05, 0.1) is 6.21 Å². The molecule has 0 aliphatic rings. The van der Waals surface area contributed by atoms with E-state index < -0.39 is 0 Å². The number of rotatable bonds is 3. The van der Waals surface area contributed by atoms with Crippen molar-refractivity contribution in [3.8, 4) is 0 Å². The van der Waals surface area contributed by atoms with Crippen LogP contribution in [0.2, 0.25) is 0 Å². The summed E-state index contributed by atoms with van der Waals surface area (Å²) in [5.41, 5.74) is 9.61. The van der Waals surface area contributed by atoms with Crippen LogP contribution in [0.3, 0.4) is 0 Å². The molecule has 2 aromatic rings. The van der Waals surface area contributed by atoms with Gasteiger partial charge in [-0.25, -0.2) is 15.4 Å².